The van der Waals surface area contributed by atoms with Crippen LogP contribution in [0.15, 0.2) is 82.6 Å². The minimum absolute atomic E-state index is 0.178. The van der Waals surface area contributed by atoms with Crippen molar-refractivity contribution >= 4 is 57.9 Å². The van der Waals surface area contributed by atoms with Crippen LogP contribution in [0.1, 0.15) is 16.4 Å². The third kappa shape index (κ3) is 5.01. The number of hydrogen-bond donors (Lipinski definition) is 1. The van der Waals surface area contributed by atoms with E-state index in [1.165, 1.54) is 43.1 Å². The Bertz CT molecular complexity index is 1850. The summed E-state index contributed by atoms with van der Waals surface area (Å²) in [5.74, 6) is -2.22. The van der Waals surface area contributed by atoms with Gasteiger partial charge in [0, 0.05) is 28.6 Å². The first kappa shape index (κ1) is 29.1. The van der Waals surface area contributed by atoms with Gasteiger partial charge in [0.2, 0.25) is 17.7 Å². The first-order valence-corrected chi connectivity index (χ1v) is 15.0. The summed E-state index contributed by atoms with van der Waals surface area (Å²) in [7, 11) is 2.98. The fraction of sp³-hybridized carbons (Fsp3) is 0.200. The Morgan fingerprint density at radius 1 is 0.955 bits per heavy atom. The maximum absolute atomic E-state index is 14.1. The molecule has 1 saturated heterocycles. The van der Waals surface area contributed by atoms with E-state index in [9.17, 15) is 29.3 Å². The molecule has 1 N–H and O–H groups in total. The van der Waals surface area contributed by atoms with Crippen molar-refractivity contribution in [2.75, 3.05) is 24.4 Å². The summed E-state index contributed by atoms with van der Waals surface area (Å²) in [6.45, 7) is -0.295. The first-order valence-electron chi connectivity index (χ1n) is 13.3. The molecule has 0 radical (unpaired) electrons. The number of non-ortho nitro benzene ring substituents is 1. The predicted octanol–water partition coefficient (Wildman–Crippen LogP) is 4.27. The van der Waals surface area contributed by atoms with Crippen LogP contribution in [0.5, 0.6) is 11.5 Å². The Labute approximate surface area is 258 Å². The Morgan fingerprint density at radius 3 is 2.32 bits per heavy atom. The summed E-state index contributed by atoms with van der Waals surface area (Å²) >= 11 is 2.00. The number of anilines is 2. The number of nitrogens with zero attached hydrogens (tertiary/aromatic N) is 3. The monoisotopic (exact) mass is 632 g/mol. The standard InChI is InChI=1S/C30H24N4O8S2/c1-41-20-13-8-16(14-21(20)42-2)23-24-25(28(37)33(27(24)36)18-9-11-19(12-10-18)34(39)40)43-29-26(23)44-30(38)32(29)15-22(35)31-17-6-4-3-5-7-17/h3-14,23-25H,15H2,1-2H3,(H,31,35)/t23-,24+,25-/m0/s1. The van der Waals surface area contributed by atoms with E-state index in [0.29, 0.717) is 32.7 Å². The van der Waals surface area contributed by atoms with Crippen LogP contribution in [-0.4, -0.2) is 46.7 Å². The van der Waals surface area contributed by atoms with E-state index in [-0.39, 0.29) is 17.9 Å². The van der Waals surface area contributed by atoms with Gasteiger partial charge in [-0.1, -0.05) is 47.4 Å². The minimum Gasteiger partial charge on any atom is -0.493 e. The van der Waals surface area contributed by atoms with Gasteiger partial charge in [-0.2, -0.15) is 0 Å². The molecule has 2 aliphatic heterocycles. The number of para-hydroxylation sites is 1. The number of hydrogen-bond acceptors (Lipinski definition) is 10. The number of nitro groups is 1. The van der Waals surface area contributed by atoms with Gasteiger partial charge >= 0.3 is 4.87 Å². The lowest BCUT2D eigenvalue weighted by Gasteiger charge is -2.31. The van der Waals surface area contributed by atoms with Gasteiger partial charge in [-0.05, 0) is 42.0 Å². The van der Waals surface area contributed by atoms with Crippen molar-refractivity contribution in [2.45, 2.75) is 22.7 Å². The SMILES string of the molecule is COc1ccc([C@@H]2c3sc(=O)n(CC(=O)Nc4ccccc4)c3S[C@@H]3C(=O)N(c4ccc([N+](=O)[O-])cc4)C(=O)[C@H]23)cc1OC. The molecular weight excluding hydrogens is 608 g/mol. The van der Waals surface area contributed by atoms with Crippen LogP contribution in [0.3, 0.4) is 0 Å². The van der Waals surface area contributed by atoms with Gasteiger partial charge in [-0.25, -0.2) is 4.90 Å². The van der Waals surface area contributed by atoms with E-state index in [1.807, 2.05) is 6.07 Å². The number of ether oxygens (including phenoxy) is 2. The van der Waals surface area contributed by atoms with Crippen molar-refractivity contribution in [3.05, 3.63) is 103 Å². The van der Waals surface area contributed by atoms with Crippen LogP contribution in [0.2, 0.25) is 0 Å². The van der Waals surface area contributed by atoms with Gasteiger partial charge in [-0.3, -0.25) is 33.9 Å². The molecule has 44 heavy (non-hydrogen) atoms. The lowest BCUT2D eigenvalue weighted by atomic mass is 9.83. The van der Waals surface area contributed by atoms with Crippen molar-refractivity contribution in [1.82, 2.24) is 4.57 Å². The highest BCUT2D eigenvalue weighted by atomic mass is 32.2. The van der Waals surface area contributed by atoms with E-state index in [0.717, 1.165) is 28.0 Å². The maximum atomic E-state index is 14.1. The molecule has 3 amide bonds. The number of fused-ring (bicyclic) bond motifs is 2. The smallest absolute Gasteiger partial charge is 0.308 e. The van der Waals surface area contributed by atoms with Crippen molar-refractivity contribution in [3.8, 4) is 11.5 Å². The largest absolute Gasteiger partial charge is 0.493 e. The second kappa shape index (κ2) is 11.6. The van der Waals surface area contributed by atoms with Gasteiger partial charge in [0.15, 0.2) is 11.5 Å². The van der Waals surface area contributed by atoms with Crippen LogP contribution >= 0.6 is 23.1 Å². The molecular formula is C30H24N4O8S2. The molecule has 4 aromatic rings. The number of amides is 3. The lowest BCUT2D eigenvalue weighted by molar-refractivity contribution is -0.384. The van der Waals surface area contributed by atoms with Crippen LogP contribution in [0.4, 0.5) is 17.1 Å². The molecule has 14 heteroatoms. The molecule has 6 rings (SSSR count). The molecule has 0 bridgehead atoms. The van der Waals surface area contributed by atoms with Crippen molar-refractivity contribution in [3.63, 3.8) is 0 Å². The maximum Gasteiger partial charge on any atom is 0.308 e. The second-order valence-corrected chi connectivity index (χ2v) is 12.1. The number of thiazole rings is 1. The number of imide groups is 1. The van der Waals surface area contributed by atoms with E-state index in [2.05, 4.69) is 5.32 Å². The summed E-state index contributed by atoms with van der Waals surface area (Å²) in [5.41, 5.74) is 1.21. The van der Waals surface area contributed by atoms with Gasteiger partial charge in [0.05, 0.1) is 35.8 Å². The lowest BCUT2D eigenvalue weighted by Crippen LogP contribution is -2.33. The summed E-state index contributed by atoms with van der Waals surface area (Å²) in [5, 5.41) is 13.5. The summed E-state index contributed by atoms with van der Waals surface area (Å²) in [6.07, 6.45) is 0. The van der Waals surface area contributed by atoms with Crippen LogP contribution in [0.25, 0.3) is 0 Å². The zero-order valence-corrected chi connectivity index (χ0v) is 24.9. The Kier molecular flexibility index (Phi) is 7.69. The minimum atomic E-state index is -0.930. The van der Waals surface area contributed by atoms with Crippen LogP contribution in [-0.2, 0) is 20.9 Å². The Morgan fingerprint density at radius 2 is 1.66 bits per heavy atom. The van der Waals surface area contributed by atoms with Crippen molar-refractivity contribution in [2.24, 2.45) is 5.92 Å². The fourth-order valence-corrected chi connectivity index (χ4v) is 8.28. The normalized spacial score (nSPS) is 18.9. The molecule has 1 aromatic heterocycles. The average Bonchev–Trinajstić information content (AvgIpc) is 3.47. The molecule has 0 aliphatic carbocycles. The second-order valence-electron chi connectivity index (χ2n) is 9.98. The molecule has 1 fully saturated rings. The zero-order valence-electron chi connectivity index (χ0n) is 23.3. The van der Waals surface area contributed by atoms with E-state index >= 15 is 0 Å². The van der Waals surface area contributed by atoms with Crippen molar-refractivity contribution in [1.29, 1.82) is 0 Å². The fourth-order valence-electron chi connectivity index (χ4n) is 5.50. The highest BCUT2D eigenvalue weighted by molar-refractivity contribution is 8.00. The topological polar surface area (TPSA) is 150 Å². The molecule has 0 saturated carbocycles. The number of methoxy groups -OCH3 is 2. The molecule has 0 unspecified atom stereocenters. The van der Waals surface area contributed by atoms with Gasteiger partial charge in [0.25, 0.3) is 5.69 Å². The van der Waals surface area contributed by atoms with Crippen molar-refractivity contribution < 1.29 is 28.8 Å². The van der Waals surface area contributed by atoms with Gasteiger partial charge in [-0.15, -0.1) is 0 Å². The number of thioether (sulfide) groups is 1. The molecule has 0 spiro atoms. The Balaban J connectivity index is 1.44. The Hall–Kier alpha value is -4.95. The number of carbonyl (C=O) groups excluding carboxylic acids is 3. The number of nitrogens with one attached hydrogen (secondary N) is 1. The molecule has 3 aromatic carbocycles. The van der Waals surface area contributed by atoms with E-state index in [4.69, 9.17) is 9.47 Å². The predicted molar refractivity (Wildman–Crippen MR) is 164 cm³/mol. The van der Waals surface area contributed by atoms with E-state index < -0.39 is 44.6 Å². The highest BCUT2D eigenvalue weighted by Gasteiger charge is 2.57. The number of aromatic nitrogens is 1. The van der Waals surface area contributed by atoms with Crippen LogP contribution < -0.4 is 24.6 Å². The molecule has 224 valence electrons. The van der Waals surface area contributed by atoms with Gasteiger partial charge in [0.1, 0.15) is 11.8 Å². The highest BCUT2D eigenvalue weighted by Crippen LogP contribution is 2.54. The molecule has 3 heterocycles. The summed E-state index contributed by atoms with van der Waals surface area (Å²) < 4.78 is 12.2. The first-order chi connectivity index (χ1) is 21.2. The number of carbonyl (C=O) groups is 3. The van der Waals surface area contributed by atoms with E-state index in [1.54, 1.807) is 42.5 Å². The zero-order chi connectivity index (χ0) is 31.1. The molecule has 12 nitrogen and oxygen atoms in total. The van der Waals surface area contributed by atoms with Gasteiger partial charge < -0.3 is 14.8 Å². The third-order valence-corrected chi connectivity index (χ3v) is 10.1. The summed E-state index contributed by atoms with van der Waals surface area (Å²) in [6, 6.07) is 19.2. The molecule has 2 aliphatic rings. The average molecular weight is 633 g/mol. The third-order valence-electron chi connectivity index (χ3n) is 7.49. The number of nitro benzene ring substituents is 1. The number of benzene rings is 3. The quantitative estimate of drug-likeness (QED) is 0.171. The number of rotatable bonds is 8. The molecule has 3 atom stereocenters. The summed E-state index contributed by atoms with van der Waals surface area (Å²) in [4.78, 5) is 66.1. The van der Waals surface area contributed by atoms with Crippen LogP contribution in [0, 0.1) is 16.0 Å².